The van der Waals surface area contributed by atoms with Gasteiger partial charge in [0.25, 0.3) is 5.91 Å². The van der Waals surface area contributed by atoms with Crippen molar-refractivity contribution in [3.8, 4) is 5.75 Å². The molecule has 7 heteroatoms. The van der Waals surface area contributed by atoms with Crippen molar-refractivity contribution in [1.29, 1.82) is 0 Å². The first kappa shape index (κ1) is 21.1. The van der Waals surface area contributed by atoms with Gasteiger partial charge < -0.3 is 9.64 Å². The first-order chi connectivity index (χ1) is 14.9. The molecule has 3 heterocycles. The predicted octanol–water partition coefficient (Wildman–Crippen LogP) is 4.62. The van der Waals surface area contributed by atoms with Crippen molar-refractivity contribution >= 4 is 28.3 Å². The van der Waals surface area contributed by atoms with Gasteiger partial charge in [0.2, 0.25) is 0 Å². The molecule has 0 fully saturated rings. The molecule has 1 aromatic carbocycles. The molecular weight excluding hydrogens is 408 g/mol. The number of nitrogens with zero attached hydrogens (tertiary/aromatic N) is 4. The molecule has 0 aliphatic heterocycles. The summed E-state index contributed by atoms with van der Waals surface area (Å²) in [6.45, 7) is 7.55. The highest BCUT2D eigenvalue weighted by Gasteiger charge is 2.19. The molecule has 0 atom stereocenters. The van der Waals surface area contributed by atoms with Crippen molar-refractivity contribution in [2.75, 3.05) is 20.2 Å². The van der Waals surface area contributed by atoms with E-state index in [2.05, 4.69) is 22.2 Å². The highest BCUT2D eigenvalue weighted by molar-refractivity contribution is 7.09. The number of hydrogen-bond acceptors (Lipinski definition) is 5. The number of benzene rings is 1. The van der Waals surface area contributed by atoms with Gasteiger partial charge in [-0.25, -0.2) is 9.67 Å². The fourth-order valence-corrected chi connectivity index (χ4v) is 4.33. The van der Waals surface area contributed by atoms with Crippen LogP contribution in [0.3, 0.4) is 0 Å². The molecule has 0 aliphatic rings. The molecule has 0 spiro atoms. The Hall–Kier alpha value is -3.19. The lowest BCUT2D eigenvalue weighted by Gasteiger charge is -2.18. The molecule has 3 aromatic heterocycles. The topological polar surface area (TPSA) is 60.2 Å². The Morgan fingerprint density at radius 2 is 1.94 bits per heavy atom. The van der Waals surface area contributed by atoms with E-state index in [1.165, 1.54) is 4.88 Å². The zero-order valence-corrected chi connectivity index (χ0v) is 19.1. The van der Waals surface area contributed by atoms with E-state index in [1.807, 2.05) is 55.1 Å². The SMILES string of the molecule is Cc1cc(C)cc(OCCN(C)C(=O)c2cc(C)nc3c2cnn3Cc2cccs2)c1. The molecule has 0 N–H and O–H groups in total. The second-order valence-corrected chi connectivity index (χ2v) is 8.86. The van der Waals surface area contributed by atoms with Crippen LogP contribution in [0.2, 0.25) is 0 Å². The second kappa shape index (κ2) is 8.89. The fourth-order valence-electron chi connectivity index (χ4n) is 3.64. The maximum Gasteiger partial charge on any atom is 0.254 e. The monoisotopic (exact) mass is 434 g/mol. The average Bonchev–Trinajstić information content (AvgIpc) is 3.37. The van der Waals surface area contributed by atoms with Crippen LogP contribution in [0.15, 0.2) is 48.0 Å². The first-order valence-corrected chi connectivity index (χ1v) is 11.1. The van der Waals surface area contributed by atoms with E-state index in [0.717, 1.165) is 33.6 Å². The van der Waals surface area contributed by atoms with E-state index in [4.69, 9.17) is 4.74 Å². The van der Waals surface area contributed by atoms with Gasteiger partial charge in [0, 0.05) is 17.6 Å². The molecule has 0 radical (unpaired) electrons. The lowest BCUT2D eigenvalue weighted by Crippen LogP contribution is -2.31. The summed E-state index contributed by atoms with van der Waals surface area (Å²) in [5.74, 6) is 0.769. The minimum Gasteiger partial charge on any atom is -0.492 e. The Labute approximate surface area is 186 Å². The average molecular weight is 435 g/mol. The van der Waals surface area contributed by atoms with Crippen molar-refractivity contribution in [2.24, 2.45) is 0 Å². The third kappa shape index (κ3) is 4.77. The molecule has 0 unspecified atom stereocenters. The number of rotatable bonds is 7. The van der Waals surface area contributed by atoms with Crippen LogP contribution in [0, 0.1) is 20.8 Å². The zero-order valence-electron chi connectivity index (χ0n) is 18.3. The van der Waals surface area contributed by atoms with Crippen LogP contribution in [0.1, 0.15) is 32.1 Å². The lowest BCUT2D eigenvalue weighted by molar-refractivity contribution is 0.0775. The van der Waals surface area contributed by atoms with Gasteiger partial charge in [0.05, 0.1) is 30.2 Å². The summed E-state index contributed by atoms with van der Waals surface area (Å²) in [5, 5.41) is 7.32. The van der Waals surface area contributed by atoms with Gasteiger partial charge in [0.15, 0.2) is 5.65 Å². The van der Waals surface area contributed by atoms with Crippen LogP contribution in [0.4, 0.5) is 0 Å². The Kier molecular flexibility index (Phi) is 6.04. The van der Waals surface area contributed by atoms with Crippen molar-refractivity contribution < 1.29 is 9.53 Å². The summed E-state index contributed by atoms with van der Waals surface area (Å²) in [7, 11) is 1.80. The summed E-state index contributed by atoms with van der Waals surface area (Å²) < 4.78 is 7.73. The van der Waals surface area contributed by atoms with E-state index >= 15 is 0 Å². The third-order valence-electron chi connectivity index (χ3n) is 5.09. The van der Waals surface area contributed by atoms with Gasteiger partial charge in [-0.05, 0) is 61.5 Å². The number of amides is 1. The smallest absolute Gasteiger partial charge is 0.254 e. The number of pyridine rings is 1. The Morgan fingerprint density at radius 3 is 2.65 bits per heavy atom. The molecular formula is C24H26N4O2S. The van der Waals surface area contributed by atoms with E-state index < -0.39 is 0 Å². The predicted molar refractivity (Wildman–Crippen MR) is 124 cm³/mol. The third-order valence-corrected chi connectivity index (χ3v) is 5.95. The van der Waals surface area contributed by atoms with Crippen LogP contribution in [-0.4, -0.2) is 45.8 Å². The number of aryl methyl sites for hydroxylation is 3. The van der Waals surface area contributed by atoms with Crippen LogP contribution in [0.5, 0.6) is 5.75 Å². The number of carbonyl (C=O) groups excluding carboxylic acids is 1. The zero-order chi connectivity index (χ0) is 22.0. The van der Waals surface area contributed by atoms with Gasteiger partial charge in [-0.3, -0.25) is 4.79 Å². The molecule has 4 rings (SSSR count). The number of aromatic nitrogens is 3. The molecule has 0 aliphatic carbocycles. The summed E-state index contributed by atoms with van der Waals surface area (Å²) in [5.41, 5.74) is 4.47. The number of ether oxygens (including phenoxy) is 1. The highest BCUT2D eigenvalue weighted by atomic mass is 32.1. The van der Waals surface area contributed by atoms with Crippen molar-refractivity contribution in [1.82, 2.24) is 19.7 Å². The van der Waals surface area contributed by atoms with E-state index in [-0.39, 0.29) is 5.91 Å². The molecule has 0 saturated heterocycles. The van der Waals surface area contributed by atoms with Crippen LogP contribution in [0.25, 0.3) is 11.0 Å². The molecule has 4 aromatic rings. The lowest BCUT2D eigenvalue weighted by atomic mass is 10.1. The fraction of sp³-hybridized carbons (Fsp3) is 0.292. The Bertz CT molecular complexity index is 1190. The number of likely N-dealkylation sites (N-methyl/N-ethyl adjacent to an activating group) is 1. The van der Waals surface area contributed by atoms with Gasteiger partial charge in [-0.2, -0.15) is 5.10 Å². The number of thiophene rings is 1. The van der Waals surface area contributed by atoms with Crippen LogP contribution >= 0.6 is 11.3 Å². The van der Waals surface area contributed by atoms with Gasteiger partial charge in [0.1, 0.15) is 12.4 Å². The first-order valence-electron chi connectivity index (χ1n) is 10.2. The summed E-state index contributed by atoms with van der Waals surface area (Å²) in [4.78, 5) is 20.7. The Morgan fingerprint density at radius 1 is 1.16 bits per heavy atom. The van der Waals surface area contributed by atoms with E-state index in [9.17, 15) is 4.79 Å². The molecule has 160 valence electrons. The molecule has 0 bridgehead atoms. The summed E-state index contributed by atoms with van der Waals surface area (Å²) >= 11 is 1.68. The van der Waals surface area contributed by atoms with Crippen molar-refractivity contribution in [2.45, 2.75) is 27.3 Å². The summed E-state index contributed by atoms with van der Waals surface area (Å²) in [6, 6.07) is 12.1. The minimum atomic E-state index is -0.0600. The Balaban J connectivity index is 1.49. The standard InChI is InChI=1S/C24H26N4O2S/c1-16-10-17(2)12-19(11-16)30-8-7-27(4)24(29)21-13-18(3)26-23-22(21)14-25-28(23)15-20-6-5-9-31-20/h5-6,9-14H,7-8,15H2,1-4H3. The normalized spacial score (nSPS) is 11.1. The second-order valence-electron chi connectivity index (χ2n) is 7.83. The van der Waals surface area contributed by atoms with Crippen LogP contribution < -0.4 is 4.74 Å². The molecule has 6 nitrogen and oxygen atoms in total. The number of fused-ring (bicyclic) bond motifs is 1. The van der Waals surface area contributed by atoms with E-state index in [1.54, 1.807) is 29.5 Å². The van der Waals surface area contributed by atoms with Gasteiger partial charge in [-0.15, -0.1) is 11.3 Å². The summed E-state index contributed by atoms with van der Waals surface area (Å²) in [6.07, 6.45) is 1.74. The quantitative estimate of drug-likeness (QED) is 0.426. The molecule has 0 saturated carbocycles. The number of hydrogen-bond donors (Lipinski definition) is 0. The molecule has 31 heavy (non-hydrogen) atoms. The molecule has 1 amide bonds. The van der Waals surface area contributed by atoms with Gasteiger partial charge >= 0.3 is 0 Å². The van der Waals surface area contributed by atoms with Crippen molar-refractivity contribution in [3.05, 3.63) is 75.2 Å². The van der Waals surface area contributed by atoms with E-state index in [0.29, 0.717) is 25.3 Å². The van der Waals surface area contributed by atoms with Gasteiger partial charge in [-0.1, -0.05) is 12.1 Å². The van der Waals surface area contributed by atoms with Crippen molar-refractivity contribution in [3.63, 3.8) is 0 Å². The van der Waals surface area contributed by atoms with Crippen LogP contribution in [-0.2, 0) is 6.54 Å². The largest absolute Gasteiger partial charge is 0.492 e. The number of carbonyl (C=O) groups is 1. The maximum atomic E-state index is 13.2. The maximum absolute atomic E-state index is 13.2. The highest BCUT2D eigenvalue weighted by Crippen LogP contribution is 2.22. The minimum absolute atomic E-state index is 0.0600.